The number of anilines is 1. The zero-order chi connectivity index (χ0) is 9.97. The molecule has 4 N–H and O–H groups in total. The molecule has 0 saturated heterocycles. The normalized spacial score (nSPS) is 20.8. The van der Waals surface area contributed by atoms with E-state index < -0.39 is 6.29 Å². The van der Waals surface area contributed by atoms with Gasteiger partial charge in [0.05, 0.1) is 0 Å². The van der Waals surface area contributed by atoms with Gasteiger partial charge in [0.25, 0.3) is 0 Å². The highest BCUT2D eigenvalue weighted by atomic mass is 15.3. The maximum Gasteiger partial charge on any atom is 0.179 e. The lowest BCUT2D eigenvalue weighted by Crippen LogP contribution is -2.41. The summed E-state index contributed by atoms with van der Waals surface area (Å²) in [4.78, 5) is 5.91. The van der Waals surface area contributed by atoms with Crippen molar-refractivity contribution >= 4 is 11.5 Å². The smallest absolute Gasteiger partial charge is 0.179 e. The quantitative estimate of drug-likeness (QED) is 0.678. The van der Waals surface area contributed by atoms with Crippen molar-refractivity contribution in [3.8, 4) is 0 Å². The van der Waals surface area contributed by atoms with Crippen LogP contribution >= 0.6 is 0 Å². The molecular weight excluding hydrogens is 176 g/mol. The fourth-order valence-corrected chi connectivity index (χ4v) is 1.34. The molecular formula is C10H12N4. The molecule has 0 radical (unpaired) electrons. The first-order valence-corrected chi connectivity index (χ1v) is 4.38. The van der Waals surface area contributed by atoms with Crippen molar-refractivity contribution in [1.29, 1.82) is 0 Å². The SMILES string of the molecule is NC1=NC(N)N(c2ccccc2)C=C1. The van der Waals surface area contributed by atoms with Crippen LogP contribution in [-0.2, 0) is 0 Å². The third kappa shape index (κ3) is 1.60. The van der Waals surface area contributed by atoms with E-state index in [2.05, 4.69) is 4.99 Å². The summed E-state index contributed by atoms with van der Waals surface area (Å²) in [7, 11) is 0. The van der Waals surface area contributed by atoms with E-state index in [0.29, 0.717) is 5.84 Å². The third-order valence-electron chi connectivity index (χ3n) is 2.03. The molecule has 4 nitrogen and oxygen atoms in total. The Kier molecular flexibility index (Phi) is 2.20. The van der Waals surface area contributed by atoms with E-state index >= 15 is 0 Å². The highest BCUT2D eigenvalue weighted by Crippen LogP contribution is 2.17. The molecule has 1 unspecified atom stereocenters. The molecule has 0 aliphatic carbocycles. The van der Waals surface area contributed by atoms with E-state index in [0.717, 1.165) is 5.69 Å². The second-order valence-corrected chi connectivity index (χ2v) is 3.03. The van der Waals surface area contributed by atoms with E-state index in [4.69, 9.17) is 11.5 Å². The van der Waals surface area contributed by atoms with Crippen LogP contribution in [0.1, 0.15) is 0 Å². The molecule has 14 heavy (non-hydrogen) atoms. The van der Waals surface area contributed by atoms with Gasteiger partial charge in [-0.05, 0) is 18.2 Å². The first-order chi connectivity index (χ1) is 6.77. The lowest BCUT2D eigenvalue weighted by Gasteiger charge is -2.27. The summed E-state index contributed by atoms with van der Waals surface area (Å²) in [5, 5.41) is 0. The summed E-state index contributed by atoms with van der Waals surface area (Å²) < 4.78 is 0. The minimum Gasteiger partial charge on any atom is -0.384 e. The molecule has 1 atom stereocenters. The van der Waals surface area contributed by atoms with Crippen LogP contribution in [0.25, 0.3) is 0 Å². The Morgan fingerprint density at radius 1 is 1.21 bits per heavy atom. The number of nitrogens with zero attached hydrogens (tertiary/aromatic N) is 2. The second-order valence-electron chi connectivity index (χ2n) is 3.03. The number of hydrogen-bond acceptors (Lipinski definition) is 4. The van der Waals surface area contributed by atoms with Crippen LogP contribution in [0.3, 0.4) is 0 Å². The Morgan fingerprint density at radius 3 is 2.57 bits per heavy atom. The Morgan fingerprint density at radius 2 is 1.93 bits per heavy atom. The zero-order valence-corrected chi connectivity index (χ0v) is 7.67. The van der Waals surface area contributed by atoms with Crippen LogP contribution in [-0.4, -0.2) is 12.1 Å². The molecule has 72 valence electrons. The first kappa shape index (κ1) is 8.77. The van der Waals surface area contributed by atoms with Crippen LogP contribution in [0, 0.1) is 0 Å². The molecule has 1 aromatic rings. The maximum absolute atomic E-state index is 5.81. The monoisotopic (exact) mass is 188 g/mol. The van der Waals surface area contributed by atoms with Gasteiger partial charge in [-0.25, -0.2) is 4.99 Å². The number of aliphatic imine (C=N–C) groups is 1. The summed E-state index contributed by atoms with van der Waals surface area (Å²) >= 11 is 0. The van der Waals surface area contributed by atoms with Crippen LogP contribution in [0.2, 0.25) is 0 Å². The highest BCUT2D eigenvalue weighted by Gasteiger charge is 2.14. The molecule has 0 fully saturated rings. The Labute approximate surface area is 82.5 Å². The average Bonchev–Trinajstić information content (AvgIpc) is 2.19. The van der Waals surface area contributed by atoms with Crippen molar-refractivity contribution in [2.45, 2.75) is 6.29 Å². The number of hydrogen-bond donors (Lipinski definition) is 2. The summed E-state index contributed by atoms with van der Waals surface area (Å²) in [5.74, 6) is 0.463. The fraction of sp³-hybridized carbons (Fsp3) is 0.100. The van der Waals surface area contributed by atoms with Crippen LogP contribution in [0.5, 0.6) is 0 Å². The topological polar surface area (TPSA) is 67.6 Å². The number of para-hydroxylation sites is 1. The Bertz CT molecular complexity index is 369. The minimum atomic E-state index is -0.428. The number of benzene rings is 1. The number of nitrogens with two attached hydrogens (primary N) is 2. The van der Waals surface area contributed by atoms with Crippen LogP contribution < -0.4 is 16.4 Å². The first-order valence-electron chi connectivity index (χ1n) is 4.38. The maximum atomic E-state index is 5.81. The van der Waals surface area contributed by atoms with Crippen molar-refractivity contribution in [3.05, 3.63) is 42.6 Å². The van der Waals surface area contributed by atoms with Crippen molar-refractivity contribution in [1.82, 2.24) is 0 Å². The van der Waals surface area contributed by atoms with Crippen molar-refractivity contribution < 1.29 is 0 Å². The van der Waals surface area contributed by atoms with E-state index in [1.54, 1.807) is 6.08 Å². The Hall–Kier alpha value is -1.81. The standard InChI is InChI=1S/C10H12N4/c11-9-6-7-14(10(12)13-9)8-4-2-1-3-5-8/h1-7,10H,12H2,(H2,11,13). The van der Waals surface area contributed by atoms with Gasteiger partial charge in [0.15, 0.2) is 6.29 Å². The predicted molar refractivity (Wildman–Crippen MR) is 57.7 cm³/mol. The largest absolute Gasteiger partial charge is 0.384 e. The summed E-state index contributed by atoms with van der Waals surface area (Å²) in [6.45, 7) is 0. The van der Waals surface area contributed by atoms with Gasteiger partial charge in [0.1, 0.15) is 5.84 Å². The molecule has 0 aromatic heterocycles. The summed E-state index contributed by atoms with van der Waals surface area (Å²) in [6.07, 6.45) is 3.14. The van der Waals surface area contributed by atoms with Gasteiger partial charge < -0.3 is 10.6 Å². The summed E-state index contributed by atoms with van der Waals surface area (Å²) in [6, 6.07) is 9.82. The van der Waals surface area contributed by atoms with Crippen molar-refractivity contribution in [3.63, 3.8) is 0 Å². The van der Waals surface area contributed by atoms with Gasteiger partial charge in [0, 0.05) is 11.9 Å². The van der Waals surface area contributed by atoms with Gasteiger partial charge in [0.2, 0.25) is 0 Å². The average molecular weight is 188 g/mol. The molecule has 0 amide bonds. The van der Waals surface area contributed by atoms with Crippen LogP contribution in [0.4, 0.5) is 5.69 Å². The second kappa shape index (κ2) is 3.51. The van der Waals surface area contributed by atoms with E-state index in [1.807, 2.05) is 41.4 Å². The van der Waals surface area contributed by atoms with Gasteiger partial charge in [-0.15, -0.1) is 0 Å². The van der Waals surface area contributed by atoms with Crippen LogP contribution in [0.15, 0.2) is 47.6 Å². The van der Waals surface area contributed by atoms with Crippen molar-refractivity contribution in [2.24, 2.45) is 16.5 Å². The molecule has 1 aromatic carbocycles. The molecule has 0 spiro atoms. The Balaban J connectivity index is 2.26. The lowest BCUT2D eigenvalue weighted by molar-refractivity contribution is 0.706. The minimum absolute atomic E-state index is 0.428. The highest BCUT2D eigenvalue weighted by molar-refractivity contribution is 5.93. The molecule has 0 bridgehead atoms. The molecule has 1 heterocycles. The molecule has 4 heteroatoms. The summed E-state index contributed by atoms with van der Waals surface area (Å²) in [5.41, 5.74) is 12.3. The van der Waals surface area contributed by atoms with Crippen molar-refractivity contribution in [2.75, 3.05) is 4.90 Å². The lowest BCUT2D eigenvalue weighted by atomic mass is 10.3. The van der Waals surface area contributed by atoms with E-state index in [1.165, 1.54) is 0 Å². The fourth-order valence-electron chi connectivity index (χ4n) is 1.34. The number of amidine groups is 1. The zero-order valence-electron chi connectivity index (χ0n) is 7.67. The van der Waals surface area contributed by atoms with Gasteiger partial charge >= 0.3 is 0 Å². The molecule has 1 aliphatic heterocycles. The molecule has 1 aliphatic rings. The third-order valence-corrected chi connectivity index (χ3v) is 2.03. The van der Waals surface area contributed by atoms with Gasteiger partial charge in [-0.2, -0.15) is 0 Å². The molecule has 2 rings (SSSR count). The molecule has 0 saturated carbocycles. The van der Waals surface area contributed by atoms with Gasteiger partial charge in [-0.3, -0.25) is 5.73 Å². The predicted octanol–water partition coefficient (Wildman–Crippen LogP) is 0.620. The van der Waals surface area contributed by atoms with E-state index in [9.17, 15) is 0 Å². The number of rotatable bonds is 1. The van der Waals surface area contributed by atoms with E-state index in [-0.39, 0.29) is 0 Å². The van der Waals surface area contributed by atoms with Gasteiger partial charge in [-0.1, -0.05) is 18.2 Å².